The Balaban J connectivity index is 1.83. The molecule has 1 aromatic carbocycles. The summed E-state index contributed by atoms with van der Waals surface area (Å²) in [5.74, 6) is -0.209. The van der Waals surface area contributed by atoms with E-state index < -0.39 is 11.4 Å². The average molecular weight is 358 g/mol. The number of aryl methyl sites for hydroxylation is 1. The lowest BCUT2D eigenvalue weighted by Gasteiger charge is -2.07. The van der Waals surface area contributed by atoms with Gasteiger partial charge in [-0.25, -0.2) is 14.8 Å². The van der Waals surface area contributed by atoms with E-state index in [1.54, 1.807) is 17.5 Å². The van der Waals surface area contributed by atoms with Crippen molar-refractivity contribution < 1.29 is 19.9 Å². The van der Waals surface area contributed by atoms with Gasteiger partial charge in [-0.05, 0) is 25.1 Å². The van der Waals surface area contributed by atoms with Crippen LogP contribution < -0.4 is 16.0 Å². The quantitative estimate of drug-likeness (QED) is 0.542. The molecule has 9 heteroatoms. The molecule has 2 heterocycles. The summed E-state index contributed by atoms with van der Waals surface area (Å²) in [7, 11) is 0. The molecule has 0 amide bonds. The molecule has 0 atom stereocenters. The van der Waals surface area contributed by atoms with Gasteiger partial charge in [0.15, 0.2) is 0 Å². The average Bonchev–Trinajstić information content (AvgIpc) is 3.03. The minimum Gasteiger partial charge on any atom is -0.872 e. The number of anilines is 1. The summed E-state index contributed by atoms with van der Waals surface area (Å²) < 4.78 is 4.87. The van der Waals surface area contributed by atoms with Crippen molar-refractivity contribution in [2.75, 3.05) is 5.23 Å². The lowest BCUT2D eigenvalue weighted by Crippen LogP contribution is -2.11. The molecule has 0 aliphatic carbocycles. The summed E-state index contributed by atoms with van der Waals surface area (Å²) >= 11 is 1.24. The van der Waals surface area contributed by atoms with E-state index in [-0.39, 0.29) is 22.2 Å². The topological polar surface area (TPSA) is 122 Å². The van der Waals surface area contributed by atoms with E-state index >= 15 is 0 Å². The van der Waals surface area contributed by atoms with Crippen molar-refractivity contribution in [3.8, 4) is 17.0 Å². The predicted molar refractivity (Wildman–Crippen MR) is 90.0 cm³/mol. The highest BCUT2D eigenvalue weighted by atomic mass is 32.1. The fourth-order valence-electron chi connectivity index (χ4n) is 2.05. The Morgan fingerprint density at radius 1 is 1.32 bits per heavy atom. The number of aromatic nitrogens is 1. The van der Waals surface area contributed by atoms with E-state index in [0.29, 0.717) is 10.8 Å². The monoisotopic (exact) mass is 358 g/mol. The third-order valence-electron chi connectivity index (χ3n) is 3.26. The van der Waals surface area contributed by atoms with Gasteiger partial charge < -0.3 is 9.52 Å². The summed E-state index contributed by atoms with van der Waals surface area (Å²) in [6, 6.07) is 7.59. The Morgan fingerprint density at radius 2 is 2.04 bits per heavy atom. The minimum absolute atomic E-state index is 0.0220. The number of rotatable bonds is 4. The van der Waals surface area contributed by atoms with Crippen LogP contribution in [0.25, 0.3) is 11.3 Å². The molecule has 0 saturated heterocycles. The number of thiazole rings is 1. The van der Waals surface area contributed by atoms with Crippen LogP contribution in [0.15, 0.2) is 49.9 Å². The number of hydrogen-bond donors (Lipinski definition) is 2. The van der Waals surface area contributed by atoms with Crippen LogP contribution in [-0.4, -0.2) is 21.6 Å². The first kappa shape index (κ1) is 16.8. The molecule has 3 aromatic rings. The number of nitrogens with zero attached hydrogens (tertiary/aromatic N) is 3. The van der Waals surface area contributed by atoms with Crippen LogP contribution in [-0.2, 0) is 0 Å². The molecule has 0 fully saturated rings. The molecule has 0 unspecified atom stereocenters. The molecule has 0 bridgehead atoms. The van der Waals surface area contributed by atoms with Crippen molar-refractivity contribution >= 4 is 28.4 Å². The lowest BCUT2D eigenvalue weighted by atomic mass is 10.1. The van der Waals surface area contributed by atoms with Crippen molar-refractivity contribution in [2.24, 2.45) is 4.99 Å². The summed E-state index contributed by atoms with van der Waals surface area (Å²) in [6.07, 6.45) is 1.15. The lowest BCUT2D eigenvalue weighted by molar-refractivity contribution is -0.269. The zero-order valence-corrected chi connectivity index (χ0v) is 13.7. The van der Waals surface area contributed by atoms with Crippen molar-refractivity contribution in [2.45, 2.75) is 6.92 Å². The third kappa shape index (κ3) is 3.74. The first-order valence-electron chi connectivity index (χ1n) is 7.04. The summed E-state index contributed by atoms with van der Waals surface area (Å²) in [5.41, 5.74) is 0.703. The standard InChI is InChI=1S/C16H13N3O5S/c1-9-6-14(20)12(15(21)24-9)7-17-16-18-13(8-25-16)10-2-4-11(5-3-10)19(22)23/h2-8,20,22-23H,1H3/p-1/b17-7+. The van der Waals surface area contributed by atoms with Crippen LogP contribution in [0.2, 0.25) is 0 Å². The van der Waals surface area contributed by atoms with Crippen molar-refractivity contribution in [1.82, 2.24) is 4.98 Å². The van der Waals surface area contributed by atoms with Gasteiger partial charge in [0, 0.05) is 17.2 Å². The maximum Gasteiger partial charge on any atom is 0.344 e. The Bertz CT molecular complexity index is 976. The smallest absolute Gasteiger partial charge is 0.344 e. The third-order valence-corrected chi connectivity index (χ3v) is 4.01. The fourth-order valence-corrected chi connectivity index (χ4v) is 2.72. The number of hydrogen-bond acceptors (Lipinski definition) is 9. The highest BCUT2D eigenvalue weighted by Crippen LogP contribution is 2.28. The molecule has 2 N–H and O–H groups in total. The Morgan fingerprint density at radius 3 is 2.68 bits per heavy atom. The molecular weight excluding hydrogens is 346 g/mol. The second kappa shape index (κ2) is 6.85. The Kier molecular flexibility index (Phi) is 4.61. The van der Waals surface area contributed by atoms with E-state index in [1.165, 1.54) is 36.5 Å². The Hall–Kier alpha value is -3.01. The highest BCUT2D eigenvalue weighted by Gasteiger charge is 2.06. The van der Waals surface area contributed by atoms with Crippen LogP contribution in [0, 0.1) is 6.92 Å². The second-order valence-electron chi connectivity index (χ2n) is 5.03. The fraction of sp³-hybridized carbons (Fsp3) is 0.0625. The van der Waals surface area contributed by atoms with Gasteiger partial charge in [0.25, 0.3) is 0 Å². The zero-order chi connectivity index (χ0) is 18.0. The van der Waals surface area contributed by atoms with Gasteiger partial charge in [0.05, 0.1) is 16.9 Å². The van der Waals surface area contributed by atoms with Crippen LogP contribution in [0.5, 0.6) is 5.75 Å². The normalized spacial score (nSPS) is 11.2. The van der Waals surface area contributed by atoms with Crippen LogP contribution in [0.3, 0.4) is 0 Å². The molecule has 0 aliphatic heterocycles. The van der Waals surface area contributed by atoms with Gasteiger partial charge in [0.1, 0.15) is 5.76 Å². The maximum absolute atomic E-state index is 11.8. The Labute approximate surface area is 145 Å². The molecule has 3 rings (SSSR count). The molecule has 128 valence electrons. The number of benzene rings is 1. The van der Waals surface area contributed by atoms with Crippen molar-refractivity contribution in [3.05, 3.63) is 57.5 Å². The second-order valence-corrected chi connectivity index (χ2v) is 5.87. The van der Waals surface area contributed by atoms with Gasteiger partial charge in [-0.3, -0.25) is 10.4 Å². The van der Waals surface area contributed by atoms with E-state index in [9.17, 15) is 9.90 Å². The van der Waals surface area contributed by atoms with Gasteiger partial charge in [0.2, 0.25) is 5.13 Å². The molecule has 0 spiro atoms. The van der Waals surface area contributed by atoms with Gasteiger partial charge >= 0.3 is 5.63 Å². The zero-order valence-electron chi connectivity index (χ0n) is 12.9. The van der Waals surface area contributed by atoms with Crippen molar-refractivity contribution in [1.29, 1.82) is 0 Å². The van der Waals surface area contributed by atoms with Gasteiger partial charge in [-0.1, -0.05) is 17.9 Å². The summed E-state index contributed by atoms with van der Waals surface area (Å²) in [6.45, 7) is 1.52. The first-order valence-corrected chi connectivity index (χ1v) is 7.91. The molecule has 2 aromatic heterocycles. The van der Waals surface area contributed by atoms with Crippen LogP contribution in [0.1, 0.15) is 11.3 Å². The van der Waals surface area contributed by atoms with E-state index in [0.717, 1.165) is 11.8 Å². The van der Waals surface area contributed by atoms with Gasteiger partial charge in [-0.15, -0.1) is 16.6 Å². The molecule has 8 nitrogen and oxygen atoms in total. The van der Waals surface area contributed by atoms with Crippen molar-refractivity contribution in [3.63, 3.8) is 0 Å². The van der Waals surface area contributed by atoms with Crippen LogP contribution >= 0.6 is 11.3 Å². The minimum atomic E-state index is -0.737. The first-order chi connectivity index (χ1) is 11.9. The van der Waals surface area contributed by atoms with Gasteiger partial charge in [-0.2, -0.15) is 0 Å². The maximum atomic E-state index is 11.8. The number of aliphatic imine (C=N–C) groups is 1. The largest absolute Gasteiger partial charge is 0.872 e. The molecule has 0 saturated carbocycles. The molecule has 0 radical (unpaired) electrons. The van der Waals surface area contributed by atoms with E-state index in [2.05, 4.69) is 9.98 Å². The molecular formula is C16H12N3O5S-. The summed E-state index contributed by atoms with van der Waals surface area (Å²) in [5, 5.41) is 31.8. The SMILES string of the molecule is Cc1cc([O-])c(/C=N/c2nc(-c3ccc(N(O)O)cc3)cs2)c(=O)o1. The highest BCUT2D eigenvalue weighted by molar-refractivity contribution is 7.13. The predicted octanol–water partition coefficient (Wildman–Crippen LogP) is 2.48. The molecule has 25 heavy (non-hydrogen) atoms. The molecule has 0 aliphatic rings. The van der Waals surface area contributed by atoms with Crippen LogP contribution in [0.4, 0.5) is 10.8 Å². The van der Waals surface area contributed by atoms with E-state index in [1.807, 2.05) is 0 Å². The van der Waals surface area contributed by atoms with E-state index in [4.69, 9.17) is 14.8 Å². The summed E-state index contributed by atoms with van der Waals surface area (Å²) in [4.78, 5) is 20.0.